The molecule has 0 aliphatic heterocycles. The molecule has 2 N–H and O–H groups in total. The number of nitrogens with one attached hydrogen (secondary N) is 1. The van der Waals surface area contributed by atoms with Crippen molar-refractivity contribution in [1.82, 2.24) is 5.32 Å². The lowest BCUT2D eigenvalue weighted by Gasteiger charge is -2.32. The summed E-state index contributed by atoms with van der Waals surface area (Å²) in [6.07, 6.45) is 6.75. The van der Waals surface area contributed by atoms with Crippen LogP contribution in [0.2, 0.25) is 0 Å². The summed E-state index contributed by atoms with van der Waals surface area (Å²) in [5.74, 6) is 1.34. The lowest BCUT2D eigenvalue weighted by molar-refractivity contribution is 0.187. The summed E-state index contributed by atoms with van der Waals surface area (Å²) < 4.78 is 0. The highest BCUT2D eigenvalue weighted by Gasteiger charge is 2.22. The van der Waals surface area contributed by atoms with E-state index >= 15 is 0 Å². The van der Waals surface area contributed by atoms with Gasteiger partial charge in [-0.1, -0.05) is 20.3 Å². The third kappa shape index (κ3) is 4.12. The zero-order valence-corrected chi connectivity index (χ0v) is 10.5. The van der Waals surface area contributed by atoms with Crippen molar-refractivity contribution < 1.29 is 5.11 Å². The molecule has 0 radical (unpaired) electrons. The Hall–Kier alpha value is -0.0800. The average Bonchev–Trinajstić information content (AvgIpc) is 2.29. The van der Waals surface area contributed by atoms with Crippen molar-refractivity contribution in [2.45, 2.75) is 65.0 Å². The lowest BCUT2D eigenvalue weighted by Crippen LogP contribution is -2.42. The first-order valence-electron chi connectivity index (χ1n) is 6.54. The largest absolute Gasteiger partial charge is 0.396 e. The van der Waals surface area contributed by atoms with Gasteiger partial charge in [0, 0.05) is 18.7 Å². The van der Waals surface area contributed by atoms with Crippen LogP contribution in [0.5, 0.6) is 0 Å². The molecule has 0 amide bonds. The molecule has 1 aliphatic carbocycles. The van der Waals surface area contributed by atoms with E-state index in [1.54, 1.807) is 0 Å². The molecule has 0 spiro atoms. The van der Waals surface area contributed by atoms with Gasteiger partial charge in [-0.15, -0.1) is 0 Å². The minimum Gasteiger partial charge on any atom is -0.396 e. The monoisotopic (exact) mass is 213 g/mol. The van der Waals surface area contributed by atoms with Crippen molar-refractivity contribution >= 4 is 0 Å². The molecule has 2 heteroatoms. The number of aliphatic hydroxyl groups is 1. The number of rotatable bonds is 5. The fraction of sp³-hybridized carbons (Fsp3) is 1.00. The van der Waals surface area contributed by atoms with E-state index in [4.69, 9.17) is 5.11 Å². The normalized spacial score (nSPS) is 31.2. The molecule has 0 bridgehead atoms. The van der Waals surface area contributed by atoms with E-state index < -0.39 is 0 Å². The van der Waals surface area contributed by atoms with Crippen LogP contribution in [0.25, 0.3) is 0 Å². The maximum atomic E-state index is 9.07. The predicted molar refractivity (Wildman–Crippen MR) is 64.9 cm³/mol. The van der Waals surface area contributed by atoms with E-state index in [0.29, 0.717) is 24.6 Å². The van der Waals surface area contributed by atoms with Crippen molar-refractivity contribution in [2.75, 3.05) is 6.61 Å². The molecule has 1 fully saturated rings. The molecule has 15 heavy (non-hydrogen) atoms. The SMILES string of the molecule is CCC1CCC(NC(C)C(C)CO)CC1. The molecule has 1 aliphatic rings. The van der Waals surface area contributed by atoms with Crippen molar-refractivity contribution in [3.8, 4) is 0 Å². The van der Waals surface area contributed by atoms with E-state index in [1.807, 2.05) is 0 Å². The fourth-order valence-corrected chi connectivity index (χ4v) is 2.43. The molecular weight excluding hydrogens is 186 g/mol. The molecule has 0 aromatic heterocycles. The second kappa shape index (κ2) is 6.49. The molecule has 1 rings (SSSR count). The third-order valence-electron chi connectivity index (χ3n) is 4.06. The topological polar surface area (TPSA) is 32.3 Å². The Balaban J connectivity index is 2.23. The molecule has 2 nitrogen and oxygen atoms in total. The van der Waals surface area contributed by atoms with Crippen molar-refractivity contribution in [3.63, 3.8) is 0 Å². The molecule has 1 saturated carbocycles. The zero-order chi connectivity index (χ0) is 11.3. The van der Waals surface area contributed by atoms with Gasteiger partial charge in [0.05, 0.1) is 0 Å². The summed E-state index contributed by atoms with van der Waals surface area (Å²) in [7, 11) is 0. The zero-order valence-electron chi connectivity index (χ0n) is 10.5. The highest BCUT2D eigenvalue weighted by molar-refractivity contribution is 4.80. The van der Waals surface area contributed by atoms with Crippen LogP contribution in [0.15, 0.2) is 0 Å². The van der Waals surface area contributed by atoms with Crippen LogP contribution in [0, 0.1) is 11.8 Å². The maximum absolute atomic E-state index is 9.07. The minimum absolute atomic E-state index is 0.290. The van der Waals surface area contributed by atoms with E-state index in [-0.39, 0.29) is 0 Å². The van der Waals surface area contributed by atoms with Crippen LogP contribution in [-0.2, 0) is 0 Å². The van der Waals surface area contributed by atoms with Gasteiger partial charge in [-0.2, -0.15) is 0 Å². The van der Waals surface area contributed by atoms with E-state index in [2.05, 4.69) is 26.1 Å². The number of hydrogen-bond donors (Lipinski definition) is 2. The molecule has 2 atom stereocenters. The van der Waals surface area contributed by atoms with Gasteiger partial charge in [0.1, 0.15) is 0 Å². The smallest absolute Gasteiger partial charge is 0.0471 e. The van der Waals surface area contributed by atoms with Gasteiger partial charge in [-0.05, 0) is 44.4 Å². The third-order valence-corrected chi connectivity index (χ3v) is 4.06. The van der Waals surface area contributed by atoms with Gasteiger partial charge in [0.2, 0.25) is 0 Å². The number of hydrogen-bond acceptors (Lipinski definition) is 2. The van der Waals surface area contributed by atoms with Gasteiger partial charge < -0.3 is 10.4 Å². The second-order valence-electron chi connectivity index (χ2n) is 5.24. The molecule has 90 valence electrons. The Kier molecular flexibility index (Phi) is 5.62. The van der Waals surface area contributed by atoms with E-state index in [9.17, 15) is 0 Å². The average molecular weight is 213 g/mol. The first-order valence-corrected chi connectivity index (χ1v) is 6.54. The van der Waals surface area contributed by atoms with E-state index in [0.717, 1.165) is 5.92 Å². The van der Waals surface area contributed by atoms with Crippen molar-refractivity contribution in [3.05, 3.63) is 0 Å². The predicted octanol–water partition coefficient (Wildman–Crippen LogP) is 2.56. The summed E-state index contributed by atoms with van der Waals surface area (Å²) in [6, 6.07) is 1.13. The molecule has 0 aromatic carbocycles. The molecule has 0 heterocycles. The van der Waals surface area contributed by atoms with Crippen molar-refractivity contribution in [2.24, 2.45) is 11.8 Å². The molecule has 0 saturated heterocycles. The summed E-state index contributed by atoms with van der Waals surface area (Å²) in [4.78, 5) is 0. The molecule has 0 aromatic rings. The Bertz CT molecular complexity index is 164. The first-order chi connectivity index (χ1) is 7.17. The Morgan fingerprint density at radius 2 is 1.80 bits per heavy atom. The van der Waals surface area contributed by atoms with Crippen LogP contribution in [0.1, 0.15) is 52.9 Å². The van der Waals surface area contributed by atoms with Gasteiger partial charge >= 0.3 is 0 Å². The number of aliphatic hydroxyl groups excluding tert-OH is 1. The Morgan fingerprint density at radius 1 is 1.20 bits per heavy atom. The minimum atomic E-state index is 0.290. The standard InChI is InChI=1S/C13H27NO/c1-4-12-5-7-13(8-6-12)14-11(3)10(2)9-15/h10-15H,4-9H2,1-3H3. The fourth-order valence-electron chi connectivity index (χ4n) is 2.43. The van der Waals surface area contributed by atoms with Gasteiger partial charge in [0.15, 0.2) is 0 Å². The van der Waals surface area contributed by atoms with Crippen LogP contribution >= 0.6 is 0 Å². The first kappa shape index (κ1) is 13.0. The van der Waals surface area contributed by atoms with Crippen LogP contribution in [0.4, 0.5) is 0 Å². The highest BCUT2D eigenvalue weighted by Crippen LogP contribution is 2.26. The van der Waals surface area contributed by atoms with Crippen LogP contribution in [-0.4, -0.2) is 23.8 Å². The van der Waals surface area contributed by atoms with Crippen molar-refractivity contribution in [1.29, 1.82) is 0 Å². The van der Waals surface area contributed by atoms with Gasteiger partial charge in [0.25, 0.3) is 0 Å². The summed E-state index contributed by atoms with van der Waals surface area (Å²) >= 11 is 0. The second-order valence-corrected chi connectivity index (χ2v) is 5.24. The lowest BCUT2D eigenvalue weighted by atomic mass is 9.84. The maximum Gasteiger partial charge on any atom is 0.0471 e. The van der Waals surface area contributed by atoms with Gasteiger partial charge in [-0.3, -0.25) is 0 Å². The van der Waals surface area contributed by atoms with Crippen LogP contribution in [0.3, 0.4) is 0 Å². The summed E-state index contributed by atoms with van der Waals surface area (Å²) in [5.41, 5.74) is 0. The van der Waals surface area contributed by atoms with Gasteiger partial charge in [-0.25, -0.2) is 0 Å². The quantitative estimate of drug-likeness (QED) is 0.735. The summed E-state index contributed by atoms with van der Waals surface area (Å²) in [5, 5.41) is 12.7. The molecule has 2 unspecified atom stereocenters. The molecular formula is C13H27NO. The van der Waals surface area contributed by atoms with E-state index in [1.165, 1.54) is 32.1 Å². The summed E-state index contributed by atoms with van der Waals surface area (Å²) in [6.45, 7) is 6.88. The van der Waals surface area contributed by atoms with Crippen LogP contribution < -0.4 is 5.32 Å². The Morgan fingerprint density at radius 3 is 2.27 bits per heavy atom. The Labute approximate surface area is 94.5 Å². The highest BCUT2D eigenvalue weighted by atomic mass is 16.3.